The number of hydrogen-bond donors (Lipinski definition) is 2. The third-order valence-corrected chi connectivity index (χ3v) is 2.49. The number of pyridine rings is 1. The second-order valence-corrected chi connectivity index (χ2v) is 3.68. The Hall–Kier alpha value is -2.21. The highest BCUT2D eigenvalue weighted by atomic mass is 16.1. The van der Waals surface area contributed by atoms with Gasteiger partial charge in [-0.05, 0) is 19.1 Å². The largest absolute Gasteiger partial charge is 0.351 e. The van der Waals surface area contributed by atoms with Crippen LogP contribution in [0.25, 0.3) is 5.69 Å². The molecule has 0 bridgehead atoms. The minimum absolute atomic E-state index is 0.186. The van der Waals surface area contributed by atoms with Gasteiger partial charge in [0.15, 0.2) is 0 Å². The molecule has 2 aromatic rings. The third-order valence-electron chi connectivity index (χ3n) is 2.49. The Bertz CT molecular complexity index is 549. The van der Waals surface area contributed by atoms with Crippen LogP contribution < -0.4 is 11.1 Å². The zero-order chi connectivity index (χ0) is 13.0. The van der Waals surface area contributed by atoms with Crippen LogP contribution in [0.2, 0.25) is 0 Å². The summed E-state index contributed by atoms with van der Waals surface area (Å²) in [6.07, 6.45) is 5.08. The number of hydrogen-bond acceptors (Lipinski definition) is 4. The van der Waals surface area contributed by atoms with Crippen molar-refractivity contribution in [2.45, 2.75) is 13.5 Å². The molecule has 1 amide bonds. The minimum Gasteiger partial charge on any atom is -0.351 e. The van der Waals surface area contributed by atoms with Gasteiger partial charge in [0.05, 0.1) is 12.2 Å². The van der Waals surface area contributed by atoms with Crippen LogP contribution in [0.1, 0.15) is 23.2 Å². The molecule has 0 aliphatic rings. The van der Waals surface area contributed by atoms with Crippen molar-refractivity contribution in [2.24, 2.45) is 5.73 Å². The molecular weight excluding hydrogens is 230 g/mol. The molecule has 6 nitrogen and oxygen atoms in total. The lowest BCUT2D eigenvalue weighted by Crippen LogP contribution is -2.23. The number of nitrogens with two attached hydrogens (primary N) is 1. The molecule has 94 valence electrons. The molecule has 0 unspecified atom stereocenters. The third kappa shape index (κ3) is 2.38. The van der Waals surface area contributed by atoms with Gasteiger partial charge in [0.1, 0.15) is 11.5 Å². The van der Waals surface area contributed by atoms with E-state index >= 15 is 0 Å². The average molecular weight is 245 g/mol. The maximum absolute atomic E-state index is 11.7. The number of amides is 1. The second kappa shape index (κ2) is 5.42. The Morgan fingerprint density at radius 1 is 1.44 bits per heavy atom. The van der Waals surface area contributed by atoms with Gasteiger partial charge in [0.25, 0.3) is 5.91 Å². The smallest absolute Gasteiger partial charge is 0.269 e. The number of carbonyl (C=O) groups is 1. The molecule has 2 rings (SSSR count). The summed E-state index contributed by atoms with van der Waals surface area (Å²) in [5.74, 6) is 0.553. The quantitative estimate of drug-likeness (QED) is 0.820. The zero-order valence-corrected chi connectivity index (χ0v) is 10.1. The van der Waals surface area contributed by atoms with E-state index in [1.807, 2.05) is 17.6 Å². The fourth-order valence-electron chi connectivity index (χ4n) is 1.66. The highest BCUT2D eigenvalue weighted by molar-refractivity contribution is 5.92. The van der Waals surface area contributed by atoms with E-state index in [1.165, 1.54) is 0 Å². The van der Waals surface area contributed by atoms with Gasteiger partial charge in [-0.25, -0.2) is 4.98 Å². The van der Waals surface area contributed by atoms with Crippen molar-refractivity contribution in [3.05, 3.63) is 42.2 Å². The van der Waals surface area contributed by atoms with E-state index in [4.69, 9.17) is 5.73 Å². The predicted octanol–water partition coefficient (Wildman–Crippen LogP) is 0.476. The summed E-state index contributed by atoms with van der Waals surface area (Å²) >= 11 is 0. The summed E-state index contributed by atoms with van der Waals surface area (Å²) < 4.78 is 1.84. The van der Waals surface area contributed by atoms with Gasteiger partial charge in [-0.3, -0.25) is 9.78 Å². The summed E-state index contributed by atoms with van der Waals surface area (Å²) in [5.41, 5.74) is 6.80. The summed E-state index contributed by atoms with van der Waals surface area (Å²) in [6, 6.07) is 3.52. The first-order valence-electron chi connectivity index (χ1n) is 5.73. The molecule has 0 spiro atoms. The Morgan fingerprint density at radius 3 is 3.00 bits per heavy atom. The van der Waals surface area contributed by atoms with E-state index in [-0.39, 0.29) is 5.91 Å². The van der Waals surface area contributed by atoms with Gasteiger partial charge in [-0.1, -0.05) is 0 Å². The van der Waals surface area contributed by atoms with Crippen LogP contribution in [-0.4, -0.2) is 27.0 Å². The molecule has 2 heterocycles. The molecular formula is C12H15N5O. The molecule has 0 saturated carbocycles. The highest BCUT2D eigenvalue weighted by Gasteiger charge is 2.09. The van der Waals surface area contributed by atoms with Gasteiger partial charge in [-0.2, -0.15) is 0 Å². The second-order valence-electron chi connectivity index (χ2n) is 3.68. The van der Waals surface area contributed by atoms with Crippen molar-refractivity contribution in [3.63, 3.8) is 0 Å². The molecule has 0 aliphatic heterocycles. The number of carbonyl (C=O) groups excluding carboxylic acids is 1. The topological polar surface area (TPSA) is 85.8 Å². The first-order chi connectivity index (χ1) is 8.76. The number of nitrogens with one attached hydrogen (secondary N) is 1. The predicted molar refractivity (Wildman–Crippen MR) is 67.3 cm³/mol. The van der Waals surface area contributed by atoms with Crippen molar-refractivity contribution in [1.29, 1.82) is 0 Å². The molecule has 18 heavy (non-hydrogen) atoms. The fraction of sp³-hybridized carbons (Fsp3) is 0.250. The monoisotopic (exact) mass is 245 g/mol. The number of aromatic nitrogens is 3. The van der Waals surface area contributed by atoms with Gasteiger partial charge in [0.2, 0.25) is 0 Å². The summed E-state index contributed by atoms with van der Waals surface area (Å²) in [7, 11) is 0. The summed E-state index contributed by atoms with van der Waals surface area (Å²) in [4.78, 5) is 19.9. The van der Waals surface area contributed by atoms with E-state index in [0.29, 0.717) is 18.8 Å². The minimum atomic E-state index is -0.186. The number of rotatable bonds is 4. The Kier molecular flexibility index (Phi) is 3.69. The van der Waals surface area contributed by atoms with E-state index in [1.54, 1.807) is 24.7 Å². The van der Waals surface area contributed by atoms with E-state index < -0.39 is 0 Å². The van der Waals surface area contributed by atoms with Crippen LogP contribution in [0.3, 0.4) is 0 Å². The highest BCUT2D eigenvalue weighted by Crippen LogP contribution is 2.11. The van der Waals surface area contributed by atoms with Crippen molar-refractivity contribution < 1.29 is 4.79 Å². The van der Waals surface area contributed by atoms with Crippen molar-refractivity contribution in [1.82, 2.24) is 19.9 Å². The zero-order valence-electron chi connectivity index (χ0n) is 10.1. The summed E-state index contributed by atoms with van der Waals surface area (Å²) in [5, 5.41) is 2.71. The van der Waals surface area contributed by atoms with Crippen LogP contribution in [0.4, 0.5) is 0 Å². The lowest BCUT2D eigenvalue weighted by atomic mass is 10.3. The van der Waals surface area contributed by atoms with Crippen LogP contribution >= 0.6 is 0 Å². The van der Waals surface area contributed by atoms with E-state index in [2.05, 4.69) is 15.3 Å². The maximum Gasteiger partial charge on any atom is 0.269 e. The molecule has 0 saturated heterocycles. The molecule has 0 fully saturated rings. The molecule has 6 heteroatoms. The molecule has 0 aromatic carbocycles. The Labute approximate surface area is 105 Å². The van der Waals surface area contributed by atoms with Crippen LogP contribution in [0.15, 0.2) is 30.7 Å². The Balaban J connectivity index is 2.35. The standard InChI is InChI=1S/C12H15N5O/c1-2-14-12(18)10-7-9(3-4-15-10)17-6-5-16-11(17)8-13/h3-7H,2,8,13H2,1H3,(H,14,18). The number of imidazole rings is 1. The SMILES string of the molecule is CCNC(=O)c1cc(-n2ccnc2CN)ccn1. The lowest BCUT2D eigenvalue weighted by Gasteiger charge is -2.08. The Morgan fingerprint density at radius 2 is 2.28 bits per heavy atom. The summed E-state index contributed by atoms with van der Waals surface area (Å²) in [6.45, 7) is 2.78. The number of nitrogens with zero attached hydrogens (tertiary/aromatic N) is 3. The molecule has 0 radical (unpaired) electrons. The van der Waals surface area contributed by atoms with Crippen molar-refractivity contribution >= 4 is 5.91 Å². The van der Waals surface area contributed by atoms with Crippen molar-refractivity contribution in [2.75, 3.05) is 6.54 Å². The van der Waals surface area contributed by atoms with Crippen LogP contribution in [0, 0.1) is 0 Å². The van der Waals surface area contributed by atoms with Gasteiger partial charge in [0, 0.05) is 25.1 Å². The average Bonchev–Trinajstić information content (AvgIpc) is 2.87. The maximum atomic E-state index is 11.7. The van der Waals surface area contributed by atoms with E-state index in [0.717, 1.165) is 11.5 Å². The molecule has 0 atom stereocenters. The molecule has 3 N–H and O–H groups in total. The molecule has 0 aliphatic carbocycles. The van der Waals surface area contributed by atoms with Crippen molar-refractivity contribution in [3.8, 4) is 5.69 Å². The molecule has 2 aromatic heterocycles. The van der Waals surface area contributed by atoms with Gasteiger partial charge >= 0.3 is 0 Å². The van der Waals surface area contributed by atoms with Crippen LogP contribution in [-0.2, 0) is 6.54 Å². The van der Waals surface area contributed by atoms with Gasteiger partial charge < -0.3 is 15.6 Å². The first kappa shape index (κ1) is 12.3. The van der Waals surface area contributed by atoms with E-state index in [9.17, 15) is 4.79 Å². The first-order valence-corrected chi connectivity index (χ1v) is 5.73. The van der Waals surface area contributed by atoms with Gasteiger partial charge in [-0.15, -0.1) is 0 Å². The van der Waals surface area contributed by atoms with Crippen LogP contribution in [0.5, 0.6) is 0 Å². The normalized spacial score (nSPS) is 10.3. The fourth-order valence-corrected chi connectivity index (χ4v) is 1.66. The lowest BCUT2D eigenvalue weighted by molar-refractivity contribution is 0.0951.